The van der Waals surface area contributed by atoms with Gasteiger partial charge < -0.3 is 9.30 Å². The Morgan fingerprint density at radius 2 is 2.11 bits per heavy atom. The van der Waals surface area contributed by atoms with Gasteiger partial charge >= 0.3 is 5.97 Å². The fourth-order valence-electron chi connectivity index (χ4n) is 2.39. The molecule has 0 bridgehead atoms. The quantitative estimate of drug-likeness (QED) is 0.794. The number of carbonyl (C=O) groups is 1. The fraction of sp³-hybridized carbons (Fsp3) is 0.357. The lowest BCUT2D eigenvalue weighted by Crippen LogP contribution is -2.02. The Kier molecular flexibility index (Phi) is 2.70. The van der Waals surface area contributed by atoms with Crippen molar-refractivity contribution in [3.05, 3.63) is 33.9 Å². The lowest BCUT2D eigenvalue weighted by Gasteiger charge is -2.07. The van der Waals surface area contributed by atoms with Crippen LogP contribution in [-0.4, -0.2) is 17.6 Å². The molecule has 4 heteroatoms. The summed E-state index contributed by atoms with van der Waals surface area (Å²) in [5.74, 6) is 0.336. The van der Waals surface area contributed by atoms with Crippen LogP contribution >= 0.6 is 15.9 Å². The van der Waals surface area contributed by atoms with Crippen LogP contribution in [-0.2, 0) is 11.8 Å². The predicted octanol–water partition coefficient (Wildman–Crippen LogP) is 3.60. The van der Waals surface area contributed by atoms with Crippen LogP contribution in [0.15, 0.2) is 22.8 Å². The molecule has 0 N–H and O–H groups in total. The molecule has 1 aromatic heterocycles. The van der Waals surface area contributed by atoms with Gasteiger partial charge in [-0.2, -0.15) is 0 Å². The summed E-state index contributed by atoms with van der Waals surface area (Å²) in [5.41, 5.74) is 2.99. The SMILES string of the molecule is COC(=O)c1cc(C2CC2)c2cc(Br)n(C)c2c1. The van der Waals surface area contributed by atoms with Gasteiger partial charge in [-0.3, -0.25) is 0 Å². The summed E-state index contributed by atoms with van der Waals surface area (Å²) in [4.78, 5) is 11.7. The Balaban J connectivity index is 2.28. The van der Waals surface area contributed by atoms with Crippen LogP contribution in [0.1, 0.15) is 34.7 Å². The Labute approximate surface area is 114 Å². The Morgan fingerprint density at radius 3 is 2.72 bits per heavy atom. The molecule has 0 amide bonds. The second-order valence-corrected chi connectivity index (χ2v) is 5.60. The molecular weight excluding hydrogens is 294 g/mol. The number of nitrogens with zero attached hydrogens (tertiary/aromatic N) is 1. The lowest BCUT2D eigenvalue weighted by molar-refractivity contribution is 0.0601. The van der Waals surface area contributed by atoms with Crippen LogP contribution in [0, 0.1) is 0 Å². The normalized spacial score (nSPS) is 15.1. The maximum Gasteiger partial charge on any atom is 0.337 e. The third-order valence-electron chi connectivity index (χ3n) is 3.57. The number of hydrogen-bond donors (Lipinski definition) is 0. The van der Waals surface area contributed by atoms with Crippen molar-refractivity contribution in [3.63, 3.8) is 0 Å². The molecule has 0 unspecified atom stereocenters. The molecule has 0 spiro atoms. The van der Waals surface area contributed by atoms with Crippen LogP contribution in [0.2, 0.25) is 0 Å². The van der Waals surface area contributed by atoms with Crippen LogP contribution in [0.3, 0.4) is 0 Å². The molecule has 3 nitrogen and oxygen atoms in total. The molecule has 1 heterocycles. The summed E-state index contributed by atoms with van der Waals surface area (Å²) in [5, 5.41) is 1.24. The zero-order valence-corrected chi connectivity index (χ0v) is 12.0. The van der Waals surface area contributed by atoms with Gasteiger partial charge in [-0.1, -0.05) is 0 Å². The summed E-state index contributed by atoms with van der Waals surface area (Å²) in [6.07, 6.45) is 2.43. The molecule has 0 aliphatic heterocycles. The first kappa shape index (κ1) is 11.8. The van der Waals surface area contributed by atoms with Gasteiger partial charge in [0.15, 0.2) is 0 Å². The van der Waals surface area contributed by atoms with E-state index in [2.05, 4.69) is 22.0 Å². The van der Waals surface area contributed by atoms with E-state index in [-0.39, 0.29) is 5.97 Å². The predicted molar refractivity (Wildman–Crippen MR) is 73.9 cm³/mol. The van der Waals surface area contributed by atoms with Gasteiger partial charge in [-0.05, 0) is 58.5 Å². The van der Waals surface area contributed by atoms with Crippen molar-refractivity contribution in [1.29, 1.82) is 0 Å². The second kappa shape index (κ2) is 4.12. The standard InChI is InChI=1S/C14H14BrNO2/c1-16-12-6-9(14(17)18-2)5-10(8-3-4-8)11(12)7-13(16)15/h5-8H,3-4H2,1-2H3. The largest absolute Gasteiger partial charge is 0.465 e. The summed E-state index contributed by atoms with van der Waals surface area (Å²) < 4.78 is 7.91. The van der Waals surface area contributed by atoms with E-state index in [1.807, 2.05) is 23.7 Å². The van der Waals surface area contributed by atoms with Gasteiger partial charge in [-0.25, -0.2) is 4.79 Å². The molecule has 2 aromatic rings. The van der Waals surface area contributed by atoms with E-state index in [1.54, 1.807) is 0 Å². The van der Waals surface area contributed by atoms with Gasteiger partial charge in [-0.15, -0.1) is 0 Å². The molecule has 1 aromatic carbocycles. The molecule has 3 rings (SSSR count). The lowest BCUT2D eigenvalue weighted by atomic mass is 10.0. The minimum atomic E-state index is -0.267. The van der Waals surface area contributed by atoms with Crippen LogP contribution < -0.4 is 0 Å². The number of carbonyl (C=O) groups excluding carboxylic acids is 1. The Bertz CT molecular complexity index is 641. The average Bonchev–Trinajstić information content (AvgIpc) is 3.17. The molecule has 0 radical (unpaired) electrons. The molecule has 0 atom stereocenters. The number of aryl methyl sites for hydroxylation is 1. The molecule has 18 heavy (non-hydrogen) atoms. The van der Waals surface area contributed by atoms with E-state index in [4.69, 9.17) is 4.74 Å². The number of hydrogen-bond acceptors (Lipinski definition) is 2. The topological polar surface area (TPSA) is 31.2 Å². The summed E-state index contributed by atoms with van der Waals surface area (Å²) in [7, 11) is 3.41. The molecule has 0 saturated heterocycles. The smallest absolute Gasteiger partial charge is 0.337 e. The first-order chi connectivity index (χ1) is 8.61. The van der Waals surface area contributed by atoms with Crippen molar-refractivity contribution in [2.75, 3.05) is 7.11 Å². The van der Waals surface area contributed by atoms with Gasteiger partial charge in [0.05, 0.1) is 17.3 Å². The highest BCUT2D eigenvalue weighted by Crippen LogP contribution is 2.44. The van der Waals surface area contributed by atoms with Gasteiger partial charge in [0.25, 0.3) is 0 Å². The molecule has 94 valence electrons. The first-order valence-electron chi connectivity index (χ1n) is 5.99. The van der Waals surface area contributed by atoms with E-state index < -0.39 is 0 Å². The van der Waals surface area contributed by atoms with Crippen LogP contribution in [0.25, 0.3) is 10.9 Å². The second-order valence-electron chi connectivity index (χ2n) is 4.79. The number of fused-ring (bicyclic) bond motifs is 1. The fourth-order valence-corrected chi connectivity index (χ4v) is 2.81. The Hall–Kier alpha value is -1.29. The average molecular weight is 308 g/mol. The monoisotopic (exact) mass is 307 g/mol. The highest BCUT2D eigenvalue weighted by molar-refractivity contribution is 9.10. The summed E-state index contributed by atoms with van der Waals surface area (Å²) in [6, 6.07) is 6.01. The third-order valence-corrected chi connectivity index (χ3v) is 4.33. The number of rotatable bonds is 2. The zero-order valence-electron chi connectivity index (χ0n) is 10.4. The van der Waals surface area contributed by atoms with E-state index >= 15 is 0 Å². The Morgan fingerprint density at radius 1 is 1.39 bits per heavy atom. The van der Waals surface area contributed by atoms with Gasteiger partial charge in [0.2, 0.25) is 0 Å². The van der Waals surface area contributed by atoms with E-state index in [0.29, 0.717) is 11.5 Å². The van der Waals surface area contributed by atoms with E-state index in [9.17, 15) is 4.79 Å². The van der Waals surface area contributed by atoms with E-state index in [0.717, 1.165) is 10.1 Å². The van der Waals surface area contributed by atoms with Crippen molar-refractivity contribution < 1.29 is 9.53 Å². The molecule has 1 aliphatic rings. The molecule has 1 aliphatic carbocycles. The maximum atomic E-state index is 11.7. The molecule has 1 fully saturated rings. The summed E-state index contributed by atoms with van der Waals surface area (Å²) in [6.45, 7) is 0. The number of aromatic nitrogens is 1. The van der Waals surface area contributed by atoms with Gasteiger partial charge in [0.1, 0.15) is 0 Å². The van der Waals surface area contributed by atoms with Crippen LogP contribution in [0.4, 0.5) is 0 Å². The number of ether oxygens (including phenoxy) is 1. The van der Waals surface area contributed by atoms with Crippen LogP contribution in [0.5, 0.6) is 0 Å². The highest BCUT2D eigenvalue weighted by atomic mass is 79.9. The van der Waals surface area contributed by atoms with E-state index in [1.165, 1.54) is 30.9 Å². The van der Waals surface area contributed by atoms with Crippen molar-refractivity contribution in [1.82, 2.24) is 4.57 Å². The zero-order chi connectivity index (χ0) is 12.9. The summed E-state index contributed by atoms with van der Waals surface area (Å²) >= 11 is 3.54. The number of esters is 1. The van der Waals surface area contributed by atoms with Crippen molar-refractivity contribution in [3.8, 4) is 0 Å². The minimum absolute atomic E-state index is 0.267. The highest BCUT2D eigenvalue weighted by Gasteiger charge is 2.27. The van der Waals surface area contributed by atoms with Crippen molar-refractivity contribution in [2.24, 2.45) is 7.05 Å². The number of benzene rings is 1. The van der Waals surface area contributed by atoms with Crippen molar-refractivity contribution >= 4 is 32.8 Å². The minimum Gasteiger partial charge on any atom is -0.465 e. The third kappa shape index (κ3) is 1.75. The number of halogens is 1. The van der Waals surface area contributed by atoms with Crippen molar-refractivity contribution in [2.45, 2.75) is 18.8 Å². The van der Waals surface area contributed by atoms with Gasteiger partial charge in [0, 0.05) is 18.0 Å². The molecular formula is C14H14BrNO2. The first-order valence-corrected chi connectivity index (χ1v) is 6.78. The molecule has 1 saturated carbocycles. The number of methoxy groups -OCH3 is 1. The maximum absolute atomic E-state index is 11.7.